The molecule has 198 valence electrons. The molecular formula is C28H27BrN2O6S. The number of Topliss-reactive ketones (excluding diaryl/α,β-unsaturated/α-hetero) is 1. The van der Waals surface area contributed by atoms with Gasteiger partial charge in [-0.3, -0.25) is 14.5 Å². The summed E-state index contributed by atoms with van der Waals surface area (Å²) in [4.78, 5) is 45.1. The number of aliphatic hydroxyl groups excluding tert-OH is 1. The lowest BCUT2D eigenvalue weighted by molar-refractivity contribution is -0.132. The SMILES string of the molecule is CCOC(=O)c1sc(N2C(=O)C(=O)/C(=C(/O)c3ccc(OCC(C)C)cc3)C2c2cccc(Br)c2)nc1C. The van der Waals surface area contributed by atoms with Gasteiger partial charge in [0.2, 0.25) is 0 Å². The van der Waals surface area contributed by atoms with Crippen LogP contribution in [0.2, 0.25) is 0 Å². The zero-order valence-electron chi connectivity index (χ0n) is 21.4. The summed E-state index contributed by atoms with van der Waals surface area (Å²) in [5.41, 5.74) is 1.26. The number of anilines is 1. The first-order valence-corrected chi connectivity index (χ1v) is 13.7. The summed E-state index contributed by atoms with van der Waals surface area (Å²) in [5, 5.41) is 11.5. The molecule has 10 heteroatoms. The lowest BCUT2D eigenvalue weighted by Gasteiger charge is -2.23. The number of amides is 1. The molecule has 2 aromatic carbocycles. The Labute approximate surface area is 233 Å². The molecule has 0 spiro atoms. The fraction of sp³-hybridized carbons (Fsp3) is 0.286. The molecule has 0 aliphatic carbocycles. The van der Waals surface area contributed by atoms with Gasteiger partial charge >= 0.3 is 11.9 Å². The number of carbonyl (C=O) groups is 3. The van der Waals surface area contributed by atoms with Gasteiger partial charge in [-0.25, -0.2) is 9.78 Å². The van der Waals surface area contributed by atoms with Crippen LogP contribution in [0, 0.1) is 12.8 Å². The van der Waals surface area contributed by atoms with Gasteiger partial charge in [-0.1, -0.05) is 53.2 Å². The molecule has 1 atom stereocenters. The normalized spacial score (nSPS) is 16.8. The average molecular weight is 600 g/mol. The average Bonchev–Trinajstić information content (AvgIpc) is 3.39. The summed E-state index contributed by atoms with van der Waals surface area (Å²) >= 11 is 4.41. The van der Waals surface area contributed by atoms with Gasteiger partial charge < -0.3 is 14.6 Å². The van der Waals surface area contributed by atoms with E-state index in [0.29, 0.717) is 35.1 Å². The van der Waals surface area contributed by atoms with E-state index in [9.17, 15) is 19.5 Å². The van der Waals surface area contributed by atoms with Crippen molar-refractivity contribution in [3.8, 4) is 5.75 Å². The second-order valence-corrected chi connectivity index (χ2v) is 11.0. The van der Waals surface area contributed by atoms with Gasteiger partial charge in [-0.05, 0) is 61.7 Å². The third kappa shape index (κ3) is 5.51. The zero-order valence-corrected chi connectivity index (χ0v) is 23.8. The van der Waals surface area contributed by atoms with E-state index in [-0.39, 0.29) is 27.9 Å². The first-order valence-electron chi connectivity index (χ1n) is 12.1. The molecule has 1 N–H and O–H groups in total. The van der Waals surface area contributed by atoms with Crippen LogP contribution in [0.4, 0.5) is 5.13 Å². The van der Waals surface area contributed by atoms with Crippen molar-refractivity contribution in [2.24, 2.45) is 5.92 Å². The van der Waals surface area contributed by atoms with Crippen LogP contribution in [0.25, 0.3) is 5.76 Å². The smallest absolute Gasteiger partial charge is 0.350 e. The Balaban J connectivity index is 1.82. The number of hydrogen-bond donors (Lipinski definition) is 1. The maximum absolute atomic E-state index is 13.4. The monoisotopic (exact) mass is 598 g/mol. The number of esters is 1. The molecule has 1 unspecified atom stereocenters. The van der Waals surface area contributed by atoms with Crippen LogP contribution in [0.5, 0.6) is 5.75 Å². The molecule has 1 aliphatic rings. The van der Waals surface area contributed by atoms with Gasteiger partial charge in [0.15, 0.2) is 5.13 Å². The van der Waals surface area contributed by atoms with Gasteiger partial charge in [-0.15, -0.1) is 0 Å². The van der Waals surface area contributed by atoms with Crippen molar-refractivity contribution in [3.05, 3.63) is 80.3 Å². The van der Waals surface area contributed by atoms with Crippen molar-refractivity contribution in [1.82, 2.24) is 4.98 Å². The molecular weight excluding hydrogens is 572 g/mol. The van der Waals surface area contributed by atoms with Gasteiger partial charge in [0.1, 0.15) is 16.4 Å². The van der Waals surface area contributed by atoms with Crippen molar-refractivity contribution >= 4 is 55.8 Å². The third-order valence-electron chi connectivity index (χ3n) is 5.77. The minimum Gasteiger partial charge on any atom is -0.507 e. The summed E-state index contributed by atoms with van der Waals surface area (Å²) in [5.74, 6) is -1.59. The van der Waals surface area contributed by atoms with Crippen LogP contribution in [-0.2, 0) is 14.3 Å². The molecule has 1 fully saturated rings. The Morgan fingerprint density at radius 1 is 1.18 bits per heavy atom. The summed E-state index contributed by atoms with van der Waals surface area (Å²) < 4.78 is 11.6. The number of benzene rings is 2. The van der Waals surface area contributed by atoms with Crippen LogP contribution >= 0.6 is 27.3 Å². The maximum atomic E-state index is 13.4. The highest BCUT2D eigenvalue weighted by molar-refractivity contribution is 9.10. The minimum absolute atomic E-state index is 0.0745. The van der Waals surface area contributed by atoms with Gasteiger partial charge in [-0.2, -0.15) is 0 Å². The minimum atomic E-state index is -0.968. The number of carbonyl (C=O) groups excluding carboxylic acids is 3. The van der Waals surface area contributed by atoms with Crippen LogP contribution < -0.4 is 9.64 Å². The molecule has 1 amide bonds. The van der Waals surface area contributed by atoms with E-state index in [0.717, 1.165) is 15.8 Å². The molecule has 38 heavy (non-hydrogen) atoms. The summed E-state index contributed by atoms with van der Waals surface area (Å²) in [7, 11) is 0. The Kier molecular flexibility index (Phi) is 8.32. The zero-order chi connectivity index (χ0) is 27.6. The predicted octanol–water partition coefficient (Wildman–Crippen LogP) is 6.05. The number of thiazole rings is 1. The first kappa shape index (κ1) is 27.5. The molecule has 1 saturated heterocycles. The Morgan fingerprint density at radius 3 is 2.53 bits per heavy atom. The van der Waals surface area contributed by atoms with E-state index < -0.39 is 23.7 Å². The highest BCUT2D eigenvalue weighted by Gasteiger charge is 2.48. The van der Waals surface area contributed by atoms with Crippen molar-refractivity contribution in [1.29, 1.82) is 0 Å². The number of halogens is 1. The standard InChI is InChI=1S/C28H27BrN2O6S/c1-5-36-27(35)25-16(4)30-28(38-25)31-22(18-7-6-8-19(29)13-18)21(24(33)26(31)34)23(32)17-9-11-20(12-10-17)37-14-15(2)3/h6-13,15,22,32H,5,14H2,1-4H3/b23-21+. The summed E-state index contributed by atoms with van der Waals surface area (Å²) in [6, 6.07) is 12.9. The second-order valence-electron chi connectivity index (χ2n) is 9.08. The number of rotatable bonds is 8. The Morgan fingerprint density at radius 2 is 1.89 bits per heavy atom. The van der Waals surface area contributed by atoms with Crippen molar-refractivity contribution in [3.63, 3.8) is 0 Å². The number of aryl methyl sites for hydroxylation is 1. The number of aromatic nitrogens is 1. The number of aliphatic hydroxyl groups is 1. The molecule has 2 heterocycles. The molecule has 0 saturated carbocycles. The van der Waals surface area contributed by atoms with E-state index >= 15 is 0 Å². The van der Waals surface area contributed by atoms with Gasteiger partial charge in [0.05, 0.1) is 30.5 Å². The summed E-state index contributed by atoms with van der Waals surface area (Å²) in [6.45, 7) is 8.15. The lowest BCUT2D eigenvalue weighted by Crippen LogP contribution is -2.29. The van der Waals surface area contributed by atoms with Crippen LogP contribution in [0.15, 0.2) is 58.6 Å². The van der Waals surface area contributed by atoms with Crippen molar-refractivity contribution in [2.45, 2.75) is 33.7 Å². The van der Waals surface area contributed by atoms with E-state index in [2.05, 4.69) is 20.9 Å². The molecule has 3 aromatic rings. The molecule has 0 radical (unpaired) electrons. The lowest BCUT2D eigenvalue weighted by atomic mass is 9.95. The number of nitrogens with zero attached hydrogens (tertiary/aromatic N) is 2. The van der Waals surface area contributed by atoms with E-state index in [1.807, 2.05) is 19.9 Å². The summed E-state index contributed by atoms with van der Waals surface area (Å²) in [6.07, 6.45) is 0. The predicted molar refractivity (Wildman–Crippen MR) is 149 cm³/mol. The highest BCUT2D eigenvalue weighted by Crippen LogP contribution is 2.44. The molecule has 1 aromatic heterocycles. The number of ether oxygens (including phenoxy) is 2. The molecule has 0 bridgehead atoms. The fourth-order valence-electron chi connectivity index (χ4n) is 4.02. The Bertz CT molecular complexity index is 1410. The maximum Gasteiger partial charge on any atom is 0.350 e. The van der Waals surface area contributed by atoms with E-state index in [1.54, 1.807) is 56.3 Å². The number of hydrogen-bond acceptors (Lipinski definition) is 8. The van der Waals surface area contributed by atoms with Crippen molar-refractivity contribution < 1.29 is 29.0 Å². The topological polar surface area (TPSA) is 106 Å². The number of ketones is 1. The second kappa shape index (κ2) is 11.5. The van der Waals surface area contributed by atoms with E-state index in [1.165, 1.54) is 4.90 Å². The first-order chi connectivity index (χ1) is 18.1. The van der Waals surface area contributed by atoms with Gasteiger partial charge in [0, 0.05) is 10.0 Å². The van der Waals surface area contributed by atoms with E-state index in [4.69, 9.17) is 9.47 Å². The molecule has 8 nitrogen and oxygen atoms in total. The van der Waals surface area contributed by atoms with Gasteiger partial charge in [0.25, 0.3) is 5.78 Å². The Hall–Kier alpha value is -3.50. The van der Waals surface area contributed by atoms with Crippen molar-refractivity contribution in [2.75, 3.05) is 18.1 Å². The van der Waals surface area contributed by atoms with Crippen LogP contribution in [0.3, 0.4) is 0 Å². The largest absolute Gasteiger partial charge is 0.507 e. The highest BCUT2D eigenvalue weighted by atomic mass is 79.9. The quantitative estimate of drug-likeness (QED) is 0.145. The fourth-order valence-corrected chi connectivity index (χ4v) is 5.42. The van der Waals surface area contributed by atoms with Crippen LogP contribution in [-0.4, -0.2) is 41.0 Å². The molecule has 4 rings (SSSR count). The third-order valence-corrected chi connectivity index (χ3v) is 7.40. The molecule has 1 aliphatic heterocycles. The van der Waals surface area contributed by atoms with Crippen LogP contribution in [0.1, 0.15) is 53.3 Å².